The van der Waals surface area contributed by atoms with Gasteiger partial charge in [-0.25, -0.2) is 4.79 Å². The molecule has 6 heteroatoms. The zero-order valence-corrected chi connectivity index (χ0v) is 15.9. The van der Waals surface area contributed by atoms with E-state index in [1.165, 1.54) is 12.5 Å². The van der Waals surface area contributed by atoms with Crippen LogP contribution in [0.1, 0.15) is 52.8 Å². The lowest BCUT2D eigenvalue weighted by Crippen LogP contribution is -2.36. The molecule has 2 amide bonds. The summed E-state index contributed by atoms with van der Waals surface area (Å²) in [5, 5.41) is 6.42. The first kappa shape index (κ1) is 18.9. The summed E-state index contributed by atoms with van der Waals surface area (Å²) >= 11 is 0. The molecule has 1 heterocycles. The van der Waals surface area contributed by atoms with Gasteiger partial charge in [-0.05, 0) is 49.2 Å². The monoisotopic (exact) mass is 390 g/mol. The minimum atomic E-state index is -0.690. The van der Waals surface area contributed by atoms with Crippen molar-refractivity contribution >= 4 is 28.5 Å². The van der Waals surface area contributed by atoms with Crippen molar-refractivity contribution in [3.05, 3.63) is 76.1 Å². The van der Waals surface area contributed by atoms with E-state index >= 15 is 0 Å². The van der Waals surface area contributed by atoms with Gasteiger partial charge in [-0.1, -0.05) is 37.5 Å². The first-order chi connectivity index (χ1) is 14.1. The summed E-state index contributed by atoms with van der Waals surface area (Å²) in [6.07, 6.45) is 5.58. The highest BCUT2D eigenvalue weighted by Crippen LogP contribution is 2.19. The Morgan fingerprint density at radius 3 is 2.38 bits per heavy atom. The highest BCUT2D eigenvalue weighted by atomic mass is 16.4. The standard InChI is InChI=1S/C23H22N2O4/c26-21(24-17-7-2-1-3-8-17)15-10-12-18(13-11-15)25-22(27)19-14-16-6-4-5-9-20(16)29-23(19)28/h4-6,9-14,17H,1-3,7-8H2,(H,24,26)(H,25,27). The number of benzene rings is 2. The number of rotatable bonds is 4. The van der Waals surface area contributed by atoms with E-state index in [0.29, 0.717) is 22.2 Å². The van der Waals surface area contributed by atoms with Crippen molar-refractivity contribution in [2.75, 3.05) is 5.32 Å². The maximum absolute atomic E-state index is 12.5. The molecule has 1 fully saturated rings. The van der Waals surface area contributed by atoms with E-state index in [1.807, 2.05) is 0 Å². The maximum atomic E-state index is 12.5. The Hall–Kier alpha value is -3.41. The predicted molar refractivity (Wildman–Crippen MR) is 111 cm³/mol. The smallest absolute Gasteiger partial charge is 0.349 e. The predicted octanol–water partition coefficient (Wildman–Crippen LogP) is 4.11. The average Bonchev–Trinajstić information content (AvgIpc) is 2.74. The Morgan fingerprint density at radius 2 is 1.62 bits per heavy atom. The maximum Gasteiger partial charge on any atom is 0.349 e. The third kappa shape index (κ3) is 4.37. The van der Waals surface area contributed by atoms with Gasteiger partial charge in [0, 0.05) is 22.7 Å². The van der Waals surface area contributed by atoms with Crippen molar-refractivity contribution in [2.45, 2.75) is 38.1 Å². The number of amides is 2. The number of fused-ring (bicyclic) bond motifs is 1. The summed E-state index contributed by atoms with van der Waals surface area (Å²) in [4.78, 5) is 37.0. The Kier molecular flexibility index (Phi) is 5.42. The molecule has 2 N–H and O–H groups in total. The van der Waals surface area contributed by atoms with Crippen LogP contribution in [0.3, 0.4) is 0 Å². The minimum Gasteiger partial charge on any atom is -0.422 e. The summed E-state index contributed by atoms with van der Waals surface area (Å²) in [7, 11) is 0. The van der Waals surface area contributed by atoms with Gasteiger partial charge in [-0.15, -0.1) is 0 Å². The Labute approximate surface area is 167 Å². The Balaban J connectivity index is 1.44. The van der Waals surface area contributed by atoms with E-state index < -0.39 is 11.5 Å². The summed E-state index contributed by atoms with van der Waals surface area (Å²) in [5.41, 5.74) is 0.713. The van der Waals surface area contributed by atoms with Gasteiger partial charge < -0.3 is 15.1 Å². The van der Waals surface area contributed by atoms with Gasteiger partial charge in [0.2, 0.25) is 0 Å². The van der Waals surface area contributed by atoms with Gasteiger partial charge in [-0.2, -0.15) is 0 Å². The van der Waals surface area contributed by atoms with Crippen molar-refractivity contribution in [3.8, 4) is 0 Å². The normalized spacial score (nSPS) is 14.5. The van der Waals surface area contributed by atoms with E-state index in [-0.39, 0.29) is 17.5 Å². The van der Waals surface area contributed by atoms with Crippen LogP contribution in [0.15, 0.2) is 63.8 Å². The SMILES string of the molecule is O=C(NC1CCCCC1)c1ccc(NC(=O)c2cc3ccccc3oc2=O)cc1. The van der Waals surface area contributed by atoms with E-state index in [1.54, 1.807) is 48.5 Å². The molecule has 4 rings (SSSR count). The van der Waals surface area contributed by atoms with Crippen molar-refractivity contribution in [1.82, 2.24) is 5.32 Å². The van der Waals surface area contributed by atoms with Crippen molar-refractivity contribution in [1.29, 1.82) is 0 Å². The molecule has 1 aliphatic carbocycles. The molecule has 0 saturated heterocycles. The van der Waals surface area contributed by atoms with Gasteiger partial charge in [0.15, 0.2) is 0 Å². The third-order valence-corrected chi connectivity index (χ3v) is 5.23. The number of para-hydroxylation sites is 1. The fraction of sp³-hybridized carbons (Fsp3) is 0.261. The van der Waals surface area contributed by atoms with Crippen LogP contribution in [0, 0.1) is 0 Å². The van der Waals surface area contributed by atoms with Crippen LogP contribution in [0.2, 0.25) is 0 Å². The van der Waals surface area contributed by atoms with Crippen molar-refractivity contribution in [2.24, 2.45) is 0 Å². The van der Waals surface area contributed by atoms with Crippen LogP contribution >= 0.6 is 0 Å². The van der Waals surface area contributed by atoms with Crippen LogP contribution in [0.5, 0.6) is 0 Å². The first-order valence-corrected chi connectivity index (χ1v) is 9.85. The molecule has 6 nitrogen and oxygen atoms in total. The zero-order valence-electron chi connectivity index (χ0n) is 15.9. The number of hydrogen-bond donors (Lipinski definition) is 2. The topological polar surface area (TPSA) is 88.4 Å². The molecular weight excluding hydrogens is 368 g/mol. The Morgan fingerprint density at radius 1 is 0.897 bits per heavy atom. The molecular formula is C23H22N2O4. The summed E-state index contributed by atoms with van der Waals surface area (Å²) in [6, 6.07) is 15.4. The van der Waals surface area contributed by atoms with Crippen molar-refractivity contribution in [3.63, 3.8) is 0 Å². The van der Waals surface area contributed by atoms with Crippen LogP contribution in [0.4, 0.5) is 5.69 Å². The molecule has 0 atom stereocenters. The number of carbonyl (C=O) groups excluding carboxylic acids is 2. The molecule has 0 radical (unpaired) electrons. The van der Waals surface area contributed by atoms with Gasteiger partial charge in [-0.3, -0.25) is 9.59 Å². The fourth-order valence-corrected chi connectivity index (χ4v) is 3.64. The minimum absolute atomic E-state index is 0.0668. The highest BCUT2D eigenvalue weighted by Gasteiger charge is 2.17. The van der Waals surface area contributed by atoms with Gasteiger partial charge >= 0.3 is 5.63 Å². The van der Waals surface area contributed by atoms with E-state index in [2.05, 4.69) is 10.6 Å². The van der Waals surface area contributed by atoms with E-state index in [9.17, 15) is 14.4 Å². The Bertz CT molecular complexity index is 1100. The molecule has 0 bridgehead atoms. The van der Waals surface area contributed by atoms with Gasteiger partial charge in [0.1, 0.15) is 11.1 Å². The molecule has 3 aromatic rings. The second-order valence-electron chi connectivity index (χ2n) is 7.33. The van der Waals surface area contributed by atoms with Crippen LogP contribution < -0.4 is 16.3 Å². The average molecular weight is 390 g/mol. The number of anilines is 1. The largest absolute Gasteiger partial charge is 0.422 e. The second-order valence-corrected chi connectivity index (χ2v) is 7.33. The number of hydrogen-bond acceptors (Lipinski definition) is 4. The van der Waals surface area contributed by atoms with E-state index in [0.717, 1.165) is 25.7 Å². The van der Waals surface area contributed by atoms with E-state index in [4.69, 9.17) is 4.42 Å². The lowest BCUT2D eigenvalue weighted by molar-refractivity contribution is 0.0927. The molecule has 29 heavy (non-hydrogen) atoms. The highest BCUT2D eigenvalue weighted by molar-refractivity contribution is 6.05. The van der Waals surface area contributed by atoms with Gasteiger partial charge in [0.05, 0.1) is 0 Å². The van der Waals surface area contributed by atoms with Crippen LogP contribution in [-0.2, 0) is 0 Å². The molecule has 0 unspecified atom stereocenters. The summed E-state index contributed by atoms with van der Waals surface area (Å²) in [5.74, 6) is -0.658. The molecule has 1 saturated carbocycles. The van der Waals surface area contributed by atoms with Crippen molar-refractivity contribution < 1.29 is 14.0 Å². The molecule has 1 aromatic heterocycles. The van der Waals surface area contributed by atoms with Crippen LogP contribution in [-0.4, -0.2) is 17.9 Å². The molecule has 2 aromatic carbocycles. The second kappa shape index (κ2) is 8.31. The summed E-state index contributed by atoms with van der Waals surface area (Å²) < 4.78 is 5.21. The van der Waals surface area contributed by atoms with Gasteiger partial charge in [0.25, 0.3) is 11.8 Å². The third-order valence-electron chi connectivity index (χ3n) is 5.23. The molecule has 148 valence electrons. The summed E-state index contributed by atoms with van der Waals surface area (Å²) in [6.45, 7) is 0. The quantitative estimate of drug-likeness (QED) is 0.656. The lowest BCUT2D eigenvalue weighted by Gasteiger charge is -2.22. The number of carbonyl (C=O) groups is 2. The molecule has 0 aliphatic heterocycles. The number of nitrogens with one attached hydrogen (secondary N) is 2. The fourth-order valence-electron chi connectivity index (χ4n) is 3.64. The first-order valence-electron chi connectivity index (χ1n) is 9.85. The molecule has 0 spiro atoms. The molecule has 1 aliphatic rings. The zero-order chi connectivity index (χ0) is 20.2. The lowest BCUT2D eigenvalue weighted by atomic mass is 9.95. The van der Waals surface area contributed by atoms with Crippen LogP contribution in [0.25, 0.3) is 11.0 Å².